The van der Waals surface area contributed by atoms with Crippen LogP contribution in [0.15, 0.2) is 63.5 Å². The highest BCUT2D eigenvalue weighted by atomic mass is 127. The first kappa shape index (κ1) is 34.2. The molecule has 1 atom stereocenters. The minimum atomic E-state index is -0.844. The first-order chi connectivity index (χ1) is 22.5. The van der Waals surface area contributed by atoms with E-state index in [1.54, 1.807) is 32.0 Å². The van der Waals surface area contributed by atoms with Gasteiger partial charge in [-0.1, -0.05) is 17.4 Å². The van der Waals surface area contributed by atoms with Crippen molar-refractivity contribution in [3.63, 3.8) is 0 Å². The van der Waals surface area contributed by atoms with Gasteiger partial charge in [0.25, 0.3) is 5.56 Å². The summed E-state index contributed by atoms with van der Waals surface area (Å²) < 4.78 is 27.0. The number of fused-ring (bicyclic) bond motifs is 1. The Morgan fingerprint density at radius 3 is 2.45 bits per heavy atom. The summed E-state index contributed by atoms with van der Waals surface area (Å²) in [5, 5.41) is 0. The molecule has 0 spiro atoms. The van der Waals surface area contributed by atoms with E-state index in [-0.39, 0.29) is 24.3 Å². The third-order valence-corrected chi connectivity index (χ3v) is 10.0. The third kappa shape index (κ3) is 6.79. The lowest BCUT2D eigenvalue weighted by Gasteiger charge is -2.25. The van der Waals surface area contributed by atoms with Gasteiger partial charge in [0.1, 0.15) is 0 Å². The molecule has 0 radical (unpaired) electrons. The molecule has 1 aliphatic rings. The topological polar surface area (TPSA) is 110 Å². The van der Waals surface area contributed by atoms with Crippen LogP contribution in [0.4, 0.5) is 0 Å². The van der Waals surface area contributed by atoms with Gasteiger partial charge >= 0.3 is 11.9 Å². The molecule has 0 saturated heterocycles. The number of aromatic nitrogens is 2. The molecule has 3 heterocycles. The first-order valence-corrected chi connectivity index (χ1v) is 17.0. The number of nitrogens with zero attached hydrogens (tertiary/aromatic N) is 3. The Kier molecular flexibility index (Phi) is 10.4. The molecule has 12 heteroatoms. The normalized spacial score (nSPS) is 14.5. The molecule has 4 aromatic rings. The number of rotatable bonds is 10. The van der Waals surface area contributed by atoms with Gasteiger partial charge in [-0.25, -0.2) is 14.6 Å². The summed E-state index contributed by atoms with van der Waals surface area (Å²) in [6.07, 6.45) is 1.89. The Morgan fingerprint density at radius 2 is 1.77 bits per heavy atom. The molecule has 5 rings (SSSR count). The number of halogens is 1. The van der Waals surface area contributed by atoms with Crippen molar-refractivity contribution in [2.24, 2.45) is 4.99 Å². The zero-order chi connectivity index (χ0) is 34.0. The average molecular weight is 770 g/mol. The van der Waals surface area contributed by atoms with Gasteiger partial charge in [-0.3, -0.25) is 9.36 Å². The molecule has 2 aromatic heterocycles. The molecule has 0 aliphatic carbocycles. The van der Waals surface area contributed by atoms with Crippen LogP contribution in [-0.2, 0) is 19.1 Å². The molecule has 2 aromatic carbocycles. The van der Waals surface area contributed by atoms with E-state index < -0.39 is 18.0 Å². The number of aryl methyl sites for hydroxylation is 2. The van der Waals surface area contributed by atoms with Crippen LogP contribution in [0.5, 0.6) is 11.5 Å². The summed E-state index contributed by atoms with van der Waals surface area (Å²) in [7, 11) is 1.28. The highest BCUT2D eigenvalue weighted by Crippen LogP contribution is 2.36. The van der Waals surface area contributed by atoms with Crippen molar-refractivity contribution in [3.8, 4) is 17.2 Å². The van der Waals surface area contributed by atoms with Crippen LogP contribution < -0.4 is 24.4 Å². The lowest BCUT2D eigenvalue weighted by Crippen LogP contribution is -2.40. The number of methoxy groups -OCH3 is 1. The van der Waals surface area contributed by atoms with Crippen molar-refractivity contribution in [2.75, 3.05) is 26.9 Å². The van der Waals surface area contributed by atoms with Crippen LogP contribution in [-0.4, -0.2) is 48.0 Å². The van der Waals surface area contributed by atoms with Gasteiger partial charge in [0.05, 0.1) is 42.2 Å². The van der Waals surface area contributed by atoms with Gasteiger partial charge < -0.3 is 23.5 Å². The van der Waals surface area contributed by atoms with E-state index in [9.17, 15) is 14.4 Å². The summed E-state index contributed by atoms with van der Waals surface area (Å²) in [5.41, 5.74) is 6.21. The second-order valence-corrected chi connectivity index (χ2v) is 13.1. The van der Waals surface area contributed by atoms with E-state index in [4.69, 9.17) is 23.9 Å². The Bertz CT molecular complexity index is 2090. The van der Waals surface area contributed by atoms with Crippen LogP contribution in [0.2, 0.25) is 0 Å². The molecule has 0 saturated carbocycles. The monoisotopic (exact) mass is 769 g/mol. The van der Waals surface area contributed by atoms with Crippen LogP contribution >= 0.6 is 33.9 Å². The molecule has 0 bridgehead atoms. The van der Waals surface area contributed by atoms with E-state index in [1.807, 2.05) is 26.8 Å². The molecular weight excluding hydrogens is 733 g/mol. The summed E-state index contributed by atoms with van der Waals surface area (Å²) >= 11 is 3.59. The lowest BCUT2D eigenvalue weighted by atomic mass is 9.95. The minimum absolute atomic E-state index is 0.160. The molecule has 0 amide bonds. The van der Waals surface area contributed by atoms with Gasteiger partial charge in [-0.15, -0.1) is 0 Å². The predicted molar refractivity (Wildman–Crippen MR) is 188 cm³/mol. The number of ether oxygens (including phenoxy) is 4. The Morgan fingerprint density at radius 1 is 1.00 bits per heavy atom. The maximum Gasteiger partial charge on any atom is 0.343 e. The lowest BCUT2D eigenvalue weighted by molar-refractivity contribution is -0.143. The van der Waals surface area contributed by atoms with E-state index in [0.717, 1.165) is 22.6 Å². The number of hydrogen-bond donors (Lipinski definition) is 0. The molecule has 246 valence electrons. The fourth-order valence-corrected chi connectivity index (χ4v) is 7.00. The number of esters is 2. The molecule has 0 unspecified atom stereocenters. The van der Waals surface area contributed by atoms with Crippen molar-refractivity contribution < 1.29 is 28.5 Å². The van der Waals surface area contributed by atoms with Crippen molar-refractivity contribution in [3.05, 3.63) is 105 Å². The van der Waals surface area contributed by atoms with E-state index in [0.29, 0.717) is 38.7 Å². The number of carbonyl (C=O) groups is 2. The van der Waals surface area contributed by atoms with Gasteiger partial charge in [0, 0.05) is 20.6 Å². The standard InChI is InChI=1S/C35H36IN3O7S/c1-8-44-28-16-23(10-13-27(28)46-18-30(40)43-7)32-31(34(42)45-9-2)21(5)37-35-39(32)33(41)29(47-35)17-24-15-20(4)38(22(24)6)25-11-12-26(36)19(3)14-25/h10-17,32H,8-9,18H2,1-7H3/b29-17+/t32-/m1/s1. The largest absolute Gasteiger partial charge is 0.490 e. The fraction of sp³-hybridized carbons (Fsp3) is 0.314. The van der Waals surface area contributed by atoms with E-state index in [2.05, 4.69) is 58.3 Å². The van der Waals surface area contributed by atoms with Crippen molar-refractivity contribution in [2.45, 2.75) is 47.6 Å². The average Bonchev–Trinajstić information content (AvgIpc) is 3.50. The van der Waals surface area contributed by atoms with Crippen LogP contribution in [0, 0.1) is 24.3 Å². The quantitative estimate of drug-likeness (QED) is 0.164. The molecular formula is C35H36IN3O7S. The molecule has 1 aliphatic heterocycles. The van der Waals surface area contributed by atoms with Crippen molar-refractivity contribution >= 4 is 51.9 Å². The third-order valence-electron chi connectivity index (χ3n) is 7.83. The molecule has 0 fully saturated rings. The highest BCUT2D eigenvalue weighted by molar-refractivity contribution is 14.1. The maximum absolute atomic E-state index is 14.3. The summed E-state index contributed by atoms with van der Waals surface area (Å²) in [4.78, 5) is 44.6. The molecule has 10 nitrogen and oxygen atoms in total. The number of carbonyl (C=O) groups excluding carboxylic acids is 2. The molecule has 47 heavy (non-hydrogen) atoms. The summed E-state index contributed by atoms with van der Waals surface area (Å²) in [5.74, 6) is -0.424. The number of thiazole rings is 1. The van der Waals surface area contributed by atoms with Crippen LogP contribution in [0.1, 0.15) is 54.9 Å². The second kappa shape index (κ2) is 14.3. The number of hydrogen-bond acceptors (Lipinski definition) is 9. The Balaban J connectivity index is 1.66. The van der Waals surface area contributed by atoms with Gasteiger partial charge in [-0.05, 0) is 123 Å². The van der Waals surface area contributed by atoms with Gasteiger partial charge in [-0.2, -0.15) is 0 Å². The Labute approximate surface area is 290 Å². The van der Waals surface area contributed by atoms with E-state index in [1.165, 1.54) is 32.1 Å². The first-order valence-electron chi connectivity index (χ1n) is 15.1. The summed E-state index contributed by atoms with van der Waals surface area (Å²) in [6, 6.07) is 12.7. The van der Waals surface area contributed by atoms with E-state index >= 15 is 0 Å². The van der Waals surface area contributed by atoms with Gasteiger partial charge in [0.15, 0.2) is 22.9 Å². The Hall–Kier alpha value is -4.17. The zero-order valence-corrected chi connectivity index (χ0v) is 30.3. The fourth-order valence-electron chi connectivity index (χ4n) is 5.63. The zero-order valence-electron chi connectivity index (χ0n) is 27.3. The van der Waals surface area contributed by atoms with Crippen LogP contribution in [0.25, 0.3) is 11.8 Å². The minimum Gasteiger partial charge on any atom is -0.490 e. The van der Waals surface area contributed by atoms with Crippen molar-refractivity contribution in [1.82, 2.24) is 9.13 Å². The number of benzene rings is 2. The number of allylic oxidation sites excluding steroid dienone is 1. The van der Waals surface area contributed by atoms with Crippen LogP contribution in [0.3, 0.4) is 0 Å². The predicted octanol–water partition coefficient (Wildman–Crippen LogP) is 5.07. The molecule has 0 N–H and O–H groups in total. The SMILES string of the molecule is CCOC(=O)C1=C(C)N=c2s/c(=C/c3cc(C)n(-c4ccc(I)c(C)c4)c3C)c(=O)n2[C@@H]1c1ccc(OCC(=O)OC)c(OCC)c1. The highest BCUT2D eigenvalue weighted by Gasteiger charge is 2.34. The van der Waals surface area contributed by atoms with Gasteiger partial charge in [0.2, 0.25) is 0 Å². The summed E-state index contributed by atoms with van der Waals surface area (Å²) in [6.45, 7) is 11.6. The smallest absolute Gasteiger partial charge is 0.343 e. The second-order valence-electron chi connectivity index (χ2n) is 10.9. The van der Waals surface area contributed by atoms with Crippen molar-refractivity contribution in [1.29, 1.82) is 0 Å². The maximum atomic E-state index is 14.3.